The lowest BCUT2D eigenvalue weighted by Crippen LogP contribution is -2.51. The van der Waals surface area contributed by atoms with Gasteiger partial charge >= 0.3 is 11.9 Å². The Labute approximate surface area is 287 Å². The van der Waals surface area contributed by atoms with Gasteiger partial charge in [0.05, 0.1) is 20.1 Å². The highest BCUT2D eigenvalue weighted by Gasteiger charge is 2.41. The van der Waals surface area contributed by atoms with Crippen molar-refractivity contribution in [1.82, 2.24) is 4.90 Å². The second-order valence-corrected chi connectivity index (χ2v) is 12.9. The Bertz CT molecular complexity index is 1590. The third-order valence-electron chi connectivity index (χ3n) is 9.65. The molecule has 262 valence electrons. The van der Waals surface area contributed by atoms with Crippen LogP contribution in [0.1, 0.15) is 86.5 Å². The topological polar surface area (TPSA) is 112 Å². The van der Waals surface area contributed by atoms with E-state index in [9.17, 15) is 18.8 Å². The molecule has 1 aliphatic carbocycles. The number of carbonyl (C=O) groups is 3. The second-order valence-electron chi connectivity index (χ2n) is 12.9. The van der Waals surface area contributed by atoms with Crippen LogP contribution in [0.2, 0.25) is 0 Å². The number of nitrogens with zero attached hydrogens (tertiary/aromatic N) is 1. The predicted octanol–water partition coefficient (Wildman–Crippen LogP) is 7.27. The minimum absolute atomic E-state index is 0.0735. The molecule has 3 atom stereocenters. The Hall–Kier alpha value is -4.60. The van der Waals surface area contributed by atoms with Gasteiger partial charge in [-0.05, 0) is 104 Å². The third-order valence-corrected chi connectivity index (χ3v) is 9.65. The van der Waals surface area contributed by atoms with Crippen molar-refractivity contribution in [2.75, 3.05) is 27.4 Å². The van der Waals surface area contributed by atoms with Gasteiger partial charge in [0.1, 0.15) is 23.7 Å². The highest BCUT2D eigenvalue weighted by molar-refractivity contribution is 5.89. The largest absolute Gasteiger partial charge is 0.493 e. The molecule has 0 bridgehead atoms. The second kappa shape index (κ2) is 17.2. The van der Waals surface area contributed by atoms with Gasteiger partial charge in [0.15, 0.2) is 18.1 Å². The minimum atomic E-state index is -1.10. The number of hydrogen-bond donors (Lipinski definition) is 1. The van der Waals surface area contributed by atoms with Gasteiger partial charge in [0.25, 0.3) is 0 Å². The summed E-state index contributed by atoms with van der Waals surface area (Å²) in [5, 5.41) is 9.12. The molecule has 9 nitrogen and oxygen atoms in total. The van der Waals surface area contributed by atoms with Gasteiger partial charge in [0, 0.05) is 6.54 Å². The molecule has 1 unspecified atom stereocenters. The summed E-state index contributed by atoms with van der Waals surface area (Å²) in [6, 6.07) is 18.0. The van der Waals surface area contributed by atoms with Crippen LogP contribution in [0.5, 0.6) is 17.2 Å². The van der Waals surface area contributed by atoms with Crippen LogP contribution in [0, 0.1) is 11.7 Å². The fourth-order valence-corrected chi connectivity index (χ4v) is 7.20. The standard InChI is InChI=1S/C39H46FNO8/c1-46-34-20-18-26(22-35(34)47-2)17-19-33(28-12-9-15-31(24-28)48-25-36(42)43)49-39(45)32-16-6-7-21-41(32)38(44)37(27-10-4-3-5-11-27)29-13-8-14-30(40)23-29/h8-9,12-15,18,20,22-24,27,32-33,37H,3-7,10-11,16-17,19,21,25H2,1-2H3,(H,42,43)/t32-,33?,37-/m0/s1. The lowest BCUT2D eigenvalue weighted by molar-refractivity contribution is -0.163. The van der Waals surface area contributed by atoms with E-state index in [1.165, 1.54) is 12.1 Å². The first-order valence-electron chi connectivity index (χ1n) is 17.2. The molecule has 0 spiro atoms. The number of piperidine rings is 1. The Morgan fingerprint density at radius 2 is 1.59 bits per heavy atom. The van der Waals surface area contributed by atoms with E-state index in [0.717, 1.165) is 50.5 Å². The van der Waals surface area contributed by atoms with Crippen molar-refractivity contribution < 1.29 is 42.8 Å². The van der Waals surface area contributed by atoms with Crippen molar-refractivity contribution >= 4 is 17.8 Å². The van der Waals surface area contributed by atoms with Gasteiger partial charge in [-0.15, -0.1) is 0 Å². The summed E-state index contributed by atoms with van der Waals surface area (Å²) in [7, 11) is 3.14. The number of amides is 1. The van der Waals surface area contributed by atoms with Gasteiger partial charge in [-0.25, -0.2) is 14.0 Å². The van der Waals surface area contributed by atoms with E-state index in [1.807, 2.05) is 30.3 Å². The number of carbonyl (C=O) groups excluding carboxylic acids is 2. The van der Waals surface area contributed by atoms with E-state index in [1.54, 1.807) is 43.4 Å². The molecule has 5 rings (SSSR count). The molecular formula is C39H46FNO8. The molecule has 2 fully saturated rings. The van der Waals surface area contributed by atoms with Crippen molar-refractivity contribution in [2.24, 2.45) is 5.92 Å². The van der Waals surface area contributed by atoms with Crippen molar-refractivity contribution in [3.8, 4) is 17.2 Å². The molecular weight excluding hydrogens is 629 g/mol. The molecule has 1 heterocycles. The van der Waals surface area contributed by atoms with Crippen LogP contribution in [0.15, 0.2) is 66.7 Å². The van der Waals surface area contributed by atoms with Crippen LogP contribution in [0.25, 0.3) is 0 Å². The first kappa shape index (κ1) is 35.7. The number of methoxy groups -OCH3 is 2. The normalized spacial score (nSPS) is 17.9. The number of benzene rings is 3. The molecule has 3 aromatic rings. The minimum Gasteiger partial charge on any atom is -0.493 e. The molecule has 1 aliphatic heterocycles. The van der Waals surface area contributed by atoms with Crippen LogP contribution in [0.4, 0.5) is 4.39 Å². The fraction of sp³-hybridized carbons (Fsp3) is 0.462. The predicted molar refractivity (Wildman–Crippen MR) is 181 cm³/mol. The van der Waals surface area contributed by atoms with E-state index in [2.05, 4.69) is 0 Å². The Balaban J connectivity index is 1.40. The Morgan fingerprint density at radius 3 is 2.33 bits per heavy atom. The maximum absolute atomic E-state index is 14.5. The number of aliphatic carboxylic acids is 1. The lowest BCUT2D eigenvalue weighted by Gasteiger charge is -2.39. The number of carboxylic acid groups (broad SMARTS) is 1. The van der Waals surface area contributed by atoms with Crippen molar-refractivity contribution in [3.05, 3.63) is 89.2 Å². The molecule has 1 amide bonds. The van der Waals surface area contributed by atoms with E-state index >= 15 is 0 Å². The van der Waals surface area contributed by atoms with Gasteiger partial charge in [0.2, 0.25) is 5.91 Å². The summed E-state index contributed by atoms with van der Waals surface area (Å²) in [5.41, 5.74) is 2.24. The Morgan fingerprint density at radius 1 is 0.857 bits per heavy atom. The quantitative estimate of drug-likeness (QED) is 0.178. The molecule has 1 saturated carbocycles. The first-order chi connectivity index (χ1) is 23.8. The fourth-order valence-electron chi connectivity index (χ4n) is 7.20. The zero-order chi connectivity index (χ0) is 34.8. The summed E-state index contributed by atoms with van der Waals surface area (Å²) < 4.78 is 37.0. The van der Waals surface area contributed by atoms with Crippen LogP contribution in [0.3, 0.4) is 0 Å². The molecule has 0 aromatic heterocycles. The van der Waals surface area contributed by atoms with E-state index in [4.69, 9.17) is 24.1 Å². The highest BCUT2D eigenvalue weighted by Crippen LogP contribution is 2.39. The van der Waals surface area contributed by atoms with Crippen LogP contribution >= 0.6 is 0 Å². The van der Waals surface area contributed by atoms with Crippen LogP contribution < -0.4 is 14.2 Å². The molecule has 10 heteroatoms. The summed E-state index contributed by atoms with van der Waals surface area (Å²) in [6.45, 7) is -0.0852. The van der Waals surface area contributed by atoms with Crippen molar-refractivity contribution in [1.29, 1.82) is 0 Å². The number of rotatable bonds is 14. The summed E-state index contributed by atoms with van der Waals surface area (Å²) in [6.07, 6.45) is 7.13. The number of aryl methyl sites for hydroxylation is 1. The molecule has 49 heavy (non-hydrogen) atoms. The lowest BCUT2D eigenvalue weighted by atomic mass is 9.75. The Kier molecular flexibility index (Phi) is 12.5. The number of halogens is 1. The average Bonchev–Trinajstić information content (AvgIpc) is 3.13. The number of ether oxygens (including phenoxy) is 4. The highest BCUT2D eigenvalue weighted by atomic mass is 19.1. The number of likely N-dealkylation sites (tertiary alicyclic amines) is 1. The van der Waals surface area contributed by atoms with Gasteiger partial charge < -0.3 is 29.0 Å². The maximum atomic E-state index is 14.5. The number of carboxylic acids is 1. The third kappa shape index (κ3) is 9.31. The zero-order valence-electron chi connectivity index (χ0n) is 28.3. The summed E-state index contributed by atoms with van der Waals surface area (Å²) in [5.74, 6) is -1.07. The van der Waals surface area contributed by atoms with E-state index < -0.39 is 36.6 Å². The smallest absolute Gasteiger partial charge is 0.341 e. The van der Waals surface area contributed by atoms with Gasteiger partial charge in [-0.1, -0.05) is 49.6 Å². The van der Waals surface area contributed by atoms with Crippen LogP contribution in [-0.2, 0) is 25.5 Å². The first-order valence-corrected chi connectivity index (χ1v) is 17.2. The average molecular weight is 676 g/mol. The summed E-state index contributed by atoms with van der Waals surface area (Å²) >= 11 is 0. The molecule has 0 radical (unpaired) electrons. The SMILES string of the molecule is COc1ccc(CCC(OC(=O)[C@@H]2CCCCN2C(=O)[C@H](c2cccc(F)c2)C2CCCCC2)c2cccc(OCC(=O)O)c2)cc1OC. The van der Waals surface area contributed by atoms with Gasteiger partial charge in [-0.3, -0.25) is 4.79 Å². The number of hydrogen-bond acceptors (Lipinski definition) is 7. The van der Waals surface area contributed by atoms with Crippen molar-refractivity contribution in [2.45, 2.75) is 82.3 Å². The van der Waals surface area contributed by atoms with Crippen LogP contribution in [-0.4, -0.2) is 61.3 Å². The maximum Gasteiger partial charge on any atom is 0.341 e. The molecule has 2 aliphatic rings. The van der Waals surface area contributed by atoms with E-state index in [0.29, 0.717) is 54.2 Å². The van der Waals surface area contributed by atoms with Gasteiger partial charge in [-0.2, -0.15) is 0 Å². The monoisotopic (exact) mass is 675 g/mol. The molecule has 3 aromatic carbocycles. The summed E-state index contributed by atoms with van der Waals surface area (Å²) in [4.78, 5) is 41.5. The molecule has 1 N–H and O–H groups in total. The zero-order valence-corrected chi connectivity index (χ0v) is 28.3. The molecule has 1 saturated heterocycles. The van der Waals surface area contributed by atoms with E-state index in [-0.39, 0.29) is 17.6 Å². The number of esters is 1. The van der Waals surface area contributed by atoms with Crippen molar-refractivity contribution in [3.63, 3.8) is 0 Å².